The fourth-order valence-electron chi connectivity index (χ4n) is 4.25. The van der Waals surface area contributed by atoms with E-state index >= 15 is 0 Å². The second-order valence-electron chi connectivity index (χ2n) is 7.27. The molecule has 2 aromatic heterocycles. The van der Waals surface area contributed by atoms with Crippen LogP contribution >= 0.6 is 11.6 Å². The molecule has 164 valence electrons. The van der Waals surface area contributed by atoms with E-state index in [-0.39, 0.29) is 45.7 Å². The minimum atomic E-state index is -4.99. The number of alkyl halides is 3. The summed E-state index contributed by atoms with van der Waals surface area (Å²) < 4.78 is 54.1. The number of halogens is 4. The number of anilines is 1. The van der Waals surface area contributed by atoms with Crippen LogP contribution < -0.4 is 9.64 Å². The summed E-state index contributed by atoms with van der Waals surface area (Å²) in [6.07, 6.45) is -1.95. The third-order valence-electron chi connectivity index (χ3n) is 5.42. The van der Waals surface area contributed by atoms with Crippen molar-refractivity contribution in [3.8, 4) is 17.2 Å². The van der Waals surface area contributed by atoms with E-state index in [2.05, 4.69) is 14.7 Å². The van der Waals surface area contributed by atoms with E-state index in [1.54, 1.807) is 4.90 Å². The average Bonchev–Trinajstić information content (AvgIpc) is 3.41. The number of amides is 1. The van der Waals surface area contributed by atoms with E-state index < -0.39 is 18.2 Å². The molecule has 9 nitrogen and oxygen atoms in total. The van der Waals surface area contributed by atoms with E-state index in [4.69, 9.17) is 20.4 Å². The highest BCUT2D eigenvalue weighted by molar-refractivity contribution is 6.33. The molecule has 2 aliphatic heterocycles. The van der Waals surface area contributed by atoms with Crippen molar-refractivity contribution >= 4 is 34.8 Å². The van der Waals surface area contributed by atoms with Crippen molar-refractivity contribution in [2.45, 2.75) is 31.3 Å². The molecule has 2 atom stereocenters. The maximum atomic E-state index is 13.0. The van der Waals surface area contributed by atoms with Gasteiger partial charge in [-0.2, -0.15) is 4.98 Å². The Labute approximate surface area is 176 Å². The van der Waals surface area contributed by atoms with Crippen molar-refractivity contribution in [3.63, 3.8) is 0 Å². The van der Waals surface area contributed by atoms with Crippen LogP contribution in [0.5, 0.6) is 5.75 Å². The number of oxazole rings is 2. The Balaban J connectivity index is 1.60. The lowest BCUT2D eigenvalue weighted by Crippen LogP contribution is -2.55. The Morgan fingerprint density at radius 1 is 1.29 bits per heavy atom. The van der Waals surface area contributed by atoms with E-state index in [9.17, 15) is 23.1 Å². The van der Waals surface area contributed by atoms with Gasteiger partial charge in [-0.3, -0.25) is 4.90 Å². The van der Waals surface area contributed by atoms with Crippen molar-refractivity contribution in [2.24, 2.45) is 0 Å². The van der Waals surface area contributed by atoms with E-state index in [0.717, 1.165) is 0 Å². The average molecular weight is 459 g/mol. The number of aromatic nitrogens is 2. The summed E-state index contributed by atoms with van der Waals surface area (Å²) in [6, 6.07) is 0.732. The molecular weight excluding hydrogens is 445 g/mol. The van der Waals surface area contributed by atoms with Crippen molar-refractivity contribution in [2.75, 3.05) is 18.0 Å². The molecule has 13 heteroatoms. The summed E-state index contributed by atoms with van der Waals surface area (Å²) in [5.74, 6) is -0.606. The number of ether oxygens (including phenoxy) is 1. The van der Waals surface area contributed by atoms with Gasteiger partial charge in [-0.25, -0.2) is 9.78 Å². The Morgan fingerprint density at radius 2 is 2.00 bits per heavy atom. The van der Waals surface area contributed by atoms with Crippen LogP contribution in [-0.2, 0) is 0 Å². The number of carboxylic acid groups (broad SMARTS) is 1. The zero-order chi connectivity index (χ0) is 21.9. The predicted molar refractivity (Wildman–Crippen MR) is 100 cm³/mol. The normalized spacial score (nSPS) is 21.2. The van der Waals surface area contributed by atoms with Crippen LogP contribution in [-0.4, -0.2) is 57.6 Å². The van der Waals surface area contributed by atoms with Gasteiger partial charge in [0.2, 0.25) is 5.89 Å². The third-order valence-corrected chi connectivity index (χ3v) is 5.70. The van der Waals surface area contributed by atoms with Crippen molar-refractivity contribution in [1.82, 2.24) is 14.9 Å². The largest absolute Gasteiger partial charge is 0.573 e. The lowest BCUT2D eigenvalue weighted by molar-refractivity contribution is -0.274. The minimum Gasteiger partial charge on any atom is -0.465 e. The SMILES string of the molecule is O=C(O)N1C2CCC1CN(c1nc3c(OC(F)(F)F)c(Cl)cc(-c4ncco4)c3o1)C2. The molecule has 2 saturated heterocycles. The molecule has 0 aliphatic carbocycles. The molecule has 1 amide bonds. The second kappa shape index (κ2) is 6.94. The fourth-order valence-corrected chi connectivity index (χ4v) is 4.49. The number of fused-ring (bicyclic) bond motifs is 3. The standard InChI is InChI=1S/C18H14ClF3N4O5/c19-11-5-10(15-23-3-4-29-15)13-12(14(11)31-18(20,21)22)24-16(30-13)25-6-8-1-2-9(7-25)26(8)17(27)28/h3-5,8-9H,1-2,6-7H2,(H,27,28). The van der Waals surface area contributed by atoms with E-state index in [0.29, 0.717) is 25.9 Å². The second-order valence-corrected chi connectivity index (χ2v) is 7.68. The van der Waals surface area contributed by atoms with Gasteiger partial charge < -0.3 is 23.6 Å². The molecule has 3 aromatic rings. The molecule has 0 saturated carbocycles. The van der Waals surface area contributed by atoms with Crippen molar-refractivity contribution < 1.29 is 36.6 Å². The highest BCUT2D eigenvalue weighted by Crippen LogP contribution is 2.44. The maximum absolute atomic E-state index is 13.0. The first kappa shape index (κ1) is 19.8. The first-order valence-corrected chi connectivity index (χ1v) is 9.64. The van der Waals surface area contributed by atoms with E-state index in [1.165, 1.54) is 23.4 Å². The molecule has 1 aromatic carbocycles. The summed E-state index contributed by atoms with van der Waals surface area (Å²) >= 11 is 6.08. The molecule has 0 spiro atoms. The zero-order valence-corrected chi connectivity index (χ0v) is 16.4. The molecule has 31 heavy (non-hydrogen) atoms. The number of hydrogen-bond donors (Lipinski definition) is 1. The summed E-state index contributed by atoms with van der Waals surface area (Å²) in [7, 11) is 0. The maximum Gasteiger partial charge on any atom is 0.573 e. The van der Waals surface area contributed by atoms with Gasteiger partial charge in [-0.05, 0) is 18.9 Å². The smallest absolute Gasteiger partial charge is 0.465 e. The number of carbonyl (C=O) groups is 1. The first-order chi connectivity index (χ1) is 14.7. The van der Waals surface area contributed by atoms with Gasteiger partial charge in [-0.1, -0.05) is 11.6 Å². The van der Waals surface area contributed by atoms with Crippen LogP contribution in [0.3, 0.4) is 0 Å². The highest BCUT2D eigenvalue weighted by Gasteiger charge is 2.44. The minimum absolute atomic E-state index is 0.0332. The highest BCUT2D eigenvalue weighted by atomic mass is 35.5. The Kier molecular flexibility index (Phi) is 4.43. The molecule has 5 rings (SSSR count). The molecule has 1 N–H and O–H groups in total. The monoisotopic (exact) mass is 458 g/mol. The van der Waals surface area contributed by atoms with Crippen molar-refractivity contribution in [3.05, 3.63) is 23.5 Å². The van der Waals surface area contributed by atoms with Crippen LogP contribution in [0, 0.1) is 0 Å². The molecule has 4 heterocycles. The molecule has 2 bridgehead atoms. The fraction of sp³-hybridized carbons (Fsp3) is 0.389. The Hall–Kier alpha value is -3.15. The van der Waals surface area contributed by atoms with Gasteiger partial charge in [0.15, 0.2) is 16.8 Å². The van der Waals surface area contributed by atoms with Gasteiger partial charge in [-0.15, -0.1) is 13.2 Å². The molecule has 2 unspecified atom stereocenters. The number of nitrogens with zero attached hydrogens (tertiary/aromatic N) is 4. The van der Waals surface area contributed by atoms with Crippen molar-refractivity contribution in [1.29, 1.82) is 0 Å². The molecule has 0 radical (unpaired) electrons. The van der Waals surface area contributed by atoms with Gasteiger partial charge >= 0.3 is 12.5 Å². The van der Waals surface area contributed by atoms with Gasteiger partial charge in [0.25, 0.3) is 6.01 Å². The predicted octanol–water partition coefficient (Wildman–Crippen LogP) is 4.37. The summed E-state index contributed by atoms with van der Waals surface area (Å²) in [5, 5.41) is 9.08. The zero-order valence-electron chi connectivity index (χ0n) is 15.6. The van der Waals surface area contributed by atoms with Crippen LogP contribution in [0.15, 0.2) is 27.4 Å². The third kappa shape index (κ3) is 3.40. The summed E-state index contributed by atoms with van der Waals surface area (Å²) in [6.45, 7) is 0.598. The molecular formula is C18H14ClF3N4O5. The van der Waals surface area contributed by atoms with Gasteiger partial charge in [0, 0.05) is 13.1 Å². The number of hydrogen-bond acceptors (Lipinski definition) is 7. The van der Waals surface area contributed by atoms with Crippen LogP contribution in [0.25, 0.3) is 22.6 Å². The van der Waals surface area contributed by atoms with Crippen LogP contribution in [0.2, 0.25) is 5.02 Å². The van der Waals surface area contributed by atoms with Gasteiger partial charge in [0.1, 0.15) is 6.26 Å². The Morgan fingerprint density at radius 3 is 2.58 bits per heavy atom. The summed E-state index contributed by atoms with van der Waals surface area (Å²) in [4.78, 5) is 22.9. The molecule has 2 fully saturated rings. The summed E-state index contributed by atoms with van der Waals surface area (Å²) in [5.41, 5.74) is -0.0550. The first-order valence-electron chi connectivity index (χ1n) is 9.26. The van der Waals surface area contributed by atoms with Crippen LogP contribution in [0.1, 0.15) is 12.8 Å². The topological polar surface area (TPSA) is 105 Å². The van der Waals surface area contributed by atoms with E-state index in [1.807, 2.05) is 0 Å². The van der Waals surface area contributed by atoms with Crippen LogP contribution in [0.4, 0.5) is 24.0 Å². The lowest BCUT2D eigenvalue weighted by atomic mass is 10.2. The lowest BCUT2D eigenvalue weighted by Gasteiger charge is -2.38. The quantitative estimate of drug-likeness (QED) is 0.617. The molecule has 2 aliphatic rings. The van der Waals surface area contributed by atoms with Gasteiger partial charge in [0.05, 0.1) is 28.9 Å². The Bertz CT molecular complexity index is 1140. The number of benzene rings is 1. The number of piperazine rings is 1. The number of rotatable bonds is 3.